The molecule has 0 fully saturated rings. The zero-order chi connectivity index (χ0) is 16.9. The van der Waals surface area contributed by atoms with Crippen LogP contribution in [0, 0.1) is 0 Å². The molecule has 4 rings (SSSR count). The molecule has 0 saturated carbocycles. The number of nitrogens with one attached hydrogen (secondary N) is 1. The number of aliphatic imine (C=N–C) groups is 1. The van der Waals surface area contributed by atoms with Crippen LogP contribution in [0.4, 0.5) is 11.5 Å². The lowest BCUT2D eigenvalue weighted by Gasteiger charge is -2.27. The van der Waals surface area contributed by atoms with Crippen LogP contribution in [0.1, 0.15) is 16.7 Å². The third kappa shape index (κ3) is 3.53. The van der Waals surface area contributed by atoms with Crippen molar-refractivity contribution in [2.75, 3.05) is 16.9 Å². The van der Waals surface area contributed by atoms with Crippen molar-refractivity contribution in [1.29, 1.82) is 0 Å². The Labute approximate surface area is 147 Å². The molecule has 3 aromatic rings. The number of anilines is 2. The Kier molecular flexibility index (Phi) is 4.42. The summed E-state index contributed by atoms with van der Waals surface area (Å²) >= 11 is 0. The van der Waals surface area contributed by atoms with E-state index in [0.29, 0.717) is 6.67 Å². The molecule has 1 N–H and O–H groups in total. The quantitative estimate of drug-likeness (QED) is 0.767. The summed E-state index contributed by atoms with van der Waals surface area (Å²) in [5, 5.41) is 3.52. The number of hydrogen-bond acceptors (Lipinski definition) is 4. The number of benzene rings is 2. The minimum atomic E-state index is 0.636. The van der Waals surface area contributed by atoms with E-state index < -0.39 is 0 Å². The van der Waals surface area contributed by atoms with Gasteiger partial charge in [0.15, 0.2) is 0 Å². The summed E-state index contributed by atoms with van der Waals surface area (Å²) in [6, 6.07) is 22.8. The van der Waals surface area contributed by atoms with Crippen LogP contribution < -0.4 is 10.2 Å². The lowest BCUT2D eigenvalue weighted by Crippen LogP contribution is -2.28. The van der Waals surface area contributed by atoms with Crippen molar-refractivity contribution >= 4 is 17.7 Å². The van der Waals surface area contributed by atoms with Gasteiger partial charge in [0, 0.05) is 31.2 Å². The first-order chi connectivity index (χ1) is 12.4. The average Bonchev–Trinajstić information content (AvgIpc) is 2.68. The van der Waals surface area contributed by atoms with E-state index in [1.165, 1.54) is 11.1 Å². The van der Waals surface area contributed by atoms with Crippen molar-refractivity contribution in [2.45, 2.75) is 13.1 Å². The third-order valence-corrected chi connectivity index (χ3v) is 4.28. The van der Waals surface area contributed by atoms with Crippen LogP contribution in [0.5, 0.6) is 0 Å². The second kappa shape index (κ2) is 7.18. The molecule has 0 radical (unpaired) electrons. The first kappa shape index (κ1) is 15.4. The van der Waals surface area contributed by atoms with Gasteiger partial charge >= 0.3 is 0 Å². The van der Waals surface area contributed by atoms with Crippen molar-refractivity contribution in [3.8, 4) is 0 Å². The third-order valence-electron chi connectivity index (χ3n) is 4.28. The Balaban J connectivity index is 1.56. The molecule has 0 saturated heterocycles. The molecule has 1 aliphatic heterocycles. The zero-order valence-corrected chi connectivity index (χ0v) is 14.0. The fourth-order valence-corrected chi connectivity index (χ4v) is 3.02. The second-order valence-corrected chi connectivity index (χ2v) is 6.07. The van der Waals surface area contributed by atoms with E-state index in [1.807, 2.05) is 30.6 Å². The summed E-state index contributed by atoms with van der Waals surface area (Å²) < 4.78 is 0. The van der Waals surface area contributed by atoms with Crippen molar-refractivity contribution in [3.63, 3.8) is 0 Å². The molecule has 0 amide bonds. The highest BCUT2D eigenvalue weighted by Crippen LogP contribution is 2.27. The molecule has 124 valence electrons. The molecule has 1 aliphatic rings. The van der Waals surface area contributed by atoms with Crippen LogP contribution in [0.3, 0.4) is 0 Å². The van der Waals surface area contributed by atoms with Crippen molar-refractivity contribution in [2.24, 2.45) is 4.99 Å². The summed E-state index contributed by atoms with van der Waals surface area (Å²) in [4.78, 5) is 11.3. The predicted octanol–water partition coefficient (Wildman–Crippen LogP) is 4.09. The molecule has 4 heteroatoms. The van der Waals surface area contributed by atoms with Gasteiger partial charge in [-0.2, -0.15) is 0 Å². The number of rotatable bonds is 5. The predicted molar refractivity (Wildman–Crippen MR) is 103 cm³/mol. The van der Waals surface area contributed by atoms with Crippen LogP contribution in [-0.4, -0.2) is 17.9 Å². The molecule has 2 heterocycles. The Morgan fingerprint density at radius 2 is 1.60 bits per heavy atom. The van der Waals surface area contributed by atoms with Crippen LogP contribution >= 0.6 is 0 Å². The maximum absolute atomic E-state index is 4.61. The molecular weight excluding hydrogens is 308 g/mol. The van der Waals surface area contributed by atoms with Gasteiger partial charge in [0.05, 0.1) is 5.56 Å². The van der Waals surface area contributed by atoms with E-state index in [0.717, 1.165) is 30.2 Å². The van der Waals surface area contributed by atoms with Crippen molar-refractivity contribution in [1.82, 2.24) is 4.98 Å². The number of nitrogens with zero attached hydrogens (tertiary/aromatic N) is 3. The van der Waals surface area contributed by atoms with Crippen LogP contribution in [0.15, 0.2) is 77.9 Å². The largest absolute Gasteiger partial charge is 0.380 e. The smallest absolute Gasteiger partial charge is 0.141 e. The Bertz CT molecular complexity index is 860. The monoisotopic (exact) mass is 328 g/mol. The van der Waals surface area contributed by atoms with Crippen molar-refractivity contribution in [3.05, 3.63) is 89.6 Å². The van der Waals surface area contributed by atoms with E-state index in [4.69, 9.17) is 0 Å². The van der Waals surface area contributed by atoms with Gasteiger partial charge in [-0.3, -0.25) is 4.99 Å². The molecule has 2 aromatic carbocycles. The minimum Gasteiger partial charge on any atom is -0.380 e. The first-order valence-corrected chi connectivity index (χ1v) is 8.46. The Morgan fingerprint density at radius 3 is 2.36 bits per heavy atom. The SMILES string of the molecule is C1=NCN(Cc2ccccc2)c2nccc(NCc3ccccc3)c21. The minimum absolute atomic E-state index is 0.636. The molecule has 25 heavy (non-hydrogen) atoms. The van der Waals surface area contributed by atoms with Gasteiger partial charge in [0.2, 0.25) is 0 Å². The fourth-order valence-electron chi connectivity index (χ4n) is 3.02. The van der Waals surface area contributed by atoms with E-state index in [9.17, 15) is 0 Å². The van der Waals surface area contributed by atoms with E-state index in [2.05, 4.69) is 68.7 Å². The number of fused-ring (bicyclic) bond motifs is 1. The summed E-state index contributed by atoms with van der Waals surface area (Å²) in [6.07, 6.45) is 3.79. The highest BCUT2D eigenvalue weighted by molar-refractivity contribution is 5.95. The fraction of sp³-hybridized carbons (Fsp3) is 0.143. The molecule has 0 unspecified atom stereocenters. The summed E-state index contributed by atoms with van der Waals surface area (Å²) in [6.45, 7) is 2.22. The number of aromatic nitrogens is 1. The second-order valence-electron chi connectivity index (χ2n) is 6.07. The van der Waals surface area contributed by atoms with E-state index in [-0.39, 0.29) is 0 Å². The maximum Gasteiger partial charge on any atom is 0.141 e. The highest BCUT2D eigenvalue weighted by Gasteiger charge is 2.18. The maximum atomic E-state index is 4.61. The molecule has 0 spiro atoms. The Morgan fingerprint density at radius 1 is 0.880 bits per heavy atom. The number of hydrogen-bond donors (Lipinski definition) is 1. The van der Waals surface area contributed by atoms with Gasteiger partial charge in [-0.25, -0.2) is 4.98 Å². The standard InChI is InChI=1S/C21H20N4/c1-3-7-17(8-4-1)13-24-20-11-12-23-21-19(20)14-22-16-25(21)15-18-9-5-2-6-10-18/h1-12,14H,13,15-16H2,(H,23,24). The lowest BCUT2D eigenvalue weighted by molar-refractivity contribution is 0.788. The Hall–Kier alpha value is -3.14. The molecule has 4 nitrogen and oxygen atoms in total. The zero-order valence-electron chi connectivity index (χ0n) is 14.0. The van der Waals surface area contributed by atoms with E-state index in [1.54, 1.807) is 0 Å². The number of pyridine rings is 1. The molecular formula is C21H20N4. The summed E-state index contributed by atoms with van der Waals surface area (Å²) in [7, 11) is 0. The van der Waals surface area contributed by atoms with Gasteiger partial charge in [0.25, 0.3) is 0 Å². The topological polar surface area (TPSA) is 40.5 Å². The van der Waals surface area contributed by atoms with Crippen LogP contribution in [0.2, 0.25) is 0 Å². The summed E-state index contributed by atoms with van der Waals surface area (Å²) in [5.74, 6) is 0.983. The van der Waals surface area contributed by atoms with Gasteiger partial charge in [-0.15, -0.1) is 0 Å². The molecule has 1 aromatic heterocycles. The first-order valence-electron chi connectivity index (χ1n) is 8.46. The van der Waals surface area contributed by atoms with E-state index >= 15 is 0 Å². The lowest BCUT2D eigenvalue weighted by atomic mass is 10.1. The van der Waals surface area contributed by atoms with Gasteiger partial charge in [0.1, 0.15) is 12.5 Å². The average molecular weight is 328 g/mol. The van der Waals surface area contributed by atoms with Crippen molar-refractivity contribution < 1.29 is 0 Å². The summed E-state index contributed by atoms with van der Waals surface area (Å²) in [5.41, 5.74) is 4.63. The van der Waals surface area contributed by atoms with Crippen LogP contribution in [0.25, 0.3) is 0 Å². The van der Waals surface area contributed by atoms with Crippen LogP contribution in [-0.2, 0) is 13.1 Å². The highest BCUT2D eigenvalue weighted by atomic mass is 15.3. The normalized spacial score (nSPS) is 12.7. The van der Waals surface area contributed by atoms with Gasteiger partial charge < -0.3 is 10.2 Å². The molecule has 0 atom stereocenters. The molecule has 0 bridgehead atoms. The molecule has 0 aliphatic carbocycles. The van der Waals surface area contributed by atoms with Gasteiger partial charge in [-0.05, 0) is 17.2 Å². The van der Waals surface area contributed by atoms with Gasteiger partial charge in [-0.1, -0.05) is 60.7 Å².